The Bertz CT molecular complexity index is 550. The standard InChI is InChI=1S/C11H15ClN2O4/c1-3-6-8(16)11(2,12)9(18-6)14-5-4-7(15)13-10(14)17/h4-6,8-9,16H,3H2,1-2H3,(H,13,15,17)/t6-,8-,9-,11-/m1/s1. The molecule has 7 heteroatoms. The maximum atomic E-state index is 11.7. The van der Waals surface area contributed by atoms with Crippen LogP contribution in [-0.2, 0) is 4.74 Å². The molecule has 1 aromatic rings. The Hall–Kier alpha value is -1.11. The van der Waals surface area contributed by atoms with E-state index in [9.17, 15) is 14.7 Å². The Kier molecular flexibility index (Phi) is 3.35. The molecule has 2 rings (SSSR count). The highest BCUT2D eigenvalue weighted by Gasteiger charge is 2.52. The van der Waals surface area contributed by atoms with E-state index in [1.54, 1.807) is 6.92 Å². The lowest BCUT2D eigenvalue weighted by Gasteiger charge is -2.26. The van der Waals surface area contributed by atoms with Gasteiger partial charge in [0.25, 0.3) is 5.56 Å². The van der Waals surface area contributed by atoms with Crippen molar-refractivity contribution in [2.75, 3.05) is 0 Å². The second-order valence-electron chi connectivity index (χ2n) is 4.55. The summed E-state index contributed by atoms with van der Waals surface area (Å²) in [6, 6.07) is 1.21. The van der Waals surface area contributed by atoms with Crippen molar-refractivity contribution in [1.29, 1.82) is 0 Å². The zero-order valence-electron chi connectivity index (χ0n) is 10.1. The second kappa shape index (κ2) is 4.53. The smallest absolute Gasteiger partial charge is 0.330 e. The zero-order valence-corrected chi connectivity index (χ0v) is 10.8. The molecule has 0 radical (unpaired) electrons. The Morgan fingerprint density at radius 1 is 1.61 bits per heavy atom. The van der Waals surface area contributed by atoms with Gasteiger partial charge >= 0.3 is 5.69 Å². The van der Waals surface area contributed by atoms with Crippen LogP contribution in [0.15, 0.2) is 21.9 Å². The molecule has 1 saturated heterocycles. The average molecular weight is 275 g/mol. The minimum Gasteiger partial charge on any atom is -0.388 e. The van der Waals surface area contributed by atoms with Crippen molar-refractivity contribution in [3.8, 4) is 0 Å². The molecule has 1 aliphatic heterocycles. The third-order valence-corrected chi connectivity index (χ3v) is 3.63. The lowest BCUT2D eigenvalue weighted by atomic mass is 9.99. The molecule has 0 spiro atoms. The van der Waals surface area contributed by atoms with E-state index < -0.39 is 34.6 Å². The molecule has 4 atom stereocenters. The van der Waals surface area contributed by atoms with Crippen molar-refractivity contribution in [2.45, 2.75) is 43.6 Å². The maximum absolute atomic E-state index is 11.7. The lowest BCUT2D eigenvalue weighted by Crippen LogP contribution is -2.42. The van der Waals surface area contributed by atoms with Crippen LogP contribution in [0.25, 0.3) is 0 Å². The van der Waals surface area contributed by atoms with Gasteiger partial charge in [0, 0.05) is 12.3 Å². The summed E-state index contributed by atoms with van der Waals surface area (Å²) in [6.45, 7) is 3.47. The summed E-state index contributed by atoms with van der Waals surface area (Å²) in [5.41, 5.74) is -1.10. The number of halogens is 1. The molecule has 0 aromatic carbocycles. The molecule has 0 unspecified atom stereocenters. The van der Waals surface area contributed by atoms with Gasteiger partial charge in [-0.3, -0.25) is 14.3 Å². The number of nitrogens with one attached hydrogen (secondary N) is 1. The van der Waals surface area contributed by atoms with Gasteiger partial charge in [0.05, 0.1) is 6.10 Å². The minimum atomic E-state index is -1.12. The van der Waals surface area contributed by atoms with Crippen LogP contribution in [0, 0.1) is 0 Å². The Morgan fingerprint density at radius 2 is 2.28 bits per heavy atom. The van der Waals surface area contributed by atoms with Gasteiger partial charge in [-0.2, -0.15) is 0 Å². The molecule has 6 nitrogen and oxygen atoms in total. The second-order valence-corrected chi connectivity index (χ2v) is 5.36. The topological polar surface area (TPSA) is 84.3 Å². The molecular formula is C11H15ClN2O4. The number of aromatic amines is 1. The van der Waals surface area contributed by atoms with Crippen LogP contribution in [0.5, 0.6) is 0 Å². The Labute approximate surface area is 108 Å². The van der Waals surface area contributed by atoms with Crippen molar-refractivity contribution in [2.24, 2.45) is 0 Å². The van der Waals surface area contributed by atoms with E-state index in [0.717, 1.165) is 0 Å². The van der Waals surface area contributed by atoms with Gasteiger partial charge in [0.2, 0.25) is 0 Å². The molecule has 1 aromatic heterocycles. The number of hydrogen-bond donors (Lipinski definition) is 2. The van der Waals surface area contributed by atoms with E-state index in [2.05, 4.69) is 4.98 Å². The van der Waals surface area contributed by atoms with Crippen molar-refractivity contribution in [1.82, 2.24) is 9.55 Å². The fourth-order valence-electron chi connectivity index (χ4n) is 2.15. The van der Waals surface area contributed by atoms with E-state index in [-0.39, 0.29) is 0 Å². The van der Waals surface area contributed by atoms with Crippen LogP contribution in [0.3, 0.4) is 0 Å². The van der Waals surface area contributed by atoms with Crippen molar-refractivity contribution >= 4 is 11.6 Å². The van der Waals surface area contributed by atoms with Gasteiger partial charge in [0.1, 0.15) is 11.0 Å². The number of aromatic nitrogens is 2. The first-order valence-electron chi connectivity index (χ1n) is 5.71. The fraction of sp³-hybridized carbons (Fsp3) is 0.636. The molecule has 100 valence electrons. The van der Waals surface area contributed by atoms with Crippen LogP contribution in [-0.4, -0.2) is 31.7 Å². The third kappa shape index (κ3) is 2.00. The van der Waals surface area contributed by atoms with E-state index >= 15 is 0 Å². The van der Waals surface area contributed by atoms with Crippen LogP contribution in [0.4, 0.5) is 0 Å². The van der Waals surface area contributed by atoms with Crippen LogP contribution >= 0.6 is 11.6 Å². The lowest BCUT2D eigenvalue weighted by molar-refractivity contribution is -0.0237. The SMILES string of the molecule is CC[C@H]1O[C@@H](n2ccc(=O)[nH]c2=O)[C@](C)(Cl)[C@@H]1O. The predicted molar refractivity (Wildman–Crippen MR) is 65.8 cm³/mol. The van der Waals surface area contributed by atoms with E-state index in [4.69, 9.17) is 16.3 Å². The summed E-state index contributed by atoms with van der Waals surface area (Å²) < 4.78 is 6.79. The highest BCUT2D eigenvalue weighted by atomic mass is 35.5. The highest BCUT2D eigenvalue weighted by Crippen LogP contribution is 2.43. The largest absolute Gasteiger partial charge is 0.388 e. The molecule has 0 saturated carbocycles. The summed E-state index contributed by atoms with van der Waals surface area (Å²) in [7, 11) is 0. The first-order chi connectivity index (χ1) is 8.37. The molecule has 18 heavy (non-hydrogen) atoms. The number of H-pyrrole nitrogens is 1. The average Bonchev–Trinajstić information content (AvgIpc) is 2.52. The van der Waals surface area contributed by atoms with Crippen molar-refractivity contribution < 1.29 is 9.84 Å². The minimum absolute atomic E-state index is 0.434. The maximum Gasteiger partial charge on any atom is 0.330 e. The number of hydrogen-bond acceptors (Lipinski definition) is 4. The van der Waals surface area contributed by atoms with Gasteiger partial charge in [-0.1, -0.05) is 6.92 Å². The van der Waals surface area contributed by atoms with Gasteiger partial charge in [-0.25, -0.2) is 4.79 Å². The van der Waals surface area contributed by atoms with Crippen molar-refractivity contribution in [3.63, 3.8) is 0 Å². The number of ether oxygens (including phenoxy) is 1. The summed E-state index contributed by atoms with van der Waals surface area (Å²) in [5, 5.41) is 10.0. The molecule has 0 amide bonds. The molecule has 1 fully saturated rings. The molecule has 0 aliphatic carbocycles. The summed E-state index contributed by atoms with van der Waals surface area (Å²) >= 11 is 6.28. The third-order valence-electron chi connectivity index (χ3n) is 3.22. The Balaban J connectivity index is 2.45. The molecule has 2 heterocycles. The quantitative estimate of drug-likeness (QED) is 0.755. The van der Waals surface area contributed by atoms with Gasteiger partial charge < -0.3 is 9.84 Å². The van der Waals surface area contributed by atoms with E-state index in [1.807, 2.05) is 6.92 Å². The first kappa shape index (κ1) is 13.3. The normalized spacial score (nSPS) is 35.9. The number of aliphatic hydroxyl groups excluding tert-OH is 1. The monoisotopic (exact) mass is 274 g/mol. The van der Waals surface area contributed by atoms with E-state index in [1.165, 1.54) is 16.8 Å². The summed E-state index contributed by atoms with van der Waals surface area (Å²) in [4.78, 5) is 23.7. The summed E-state index contributed by atoms with van der Waals surface area (Å²) in [5.74, 6) is 0. The highest BCUT2D eigenvalue weighted by molar-refractivity contribution is 6.24. The van der Waals surface area contributed by atoms with Crippen LogP contribution in [0.1, 0.15) is 26.5 Å². The fourth-order valence-corrected chi connectivity index (χ4v) is 2.45. The zero-order chi connectivity index (χ0) is 13.5. The van der Waals surface area contributed by atoms with E-state index in [0.29, 0.717) is 6.42 Å². The molecule has 2 N–H and O–H groups in total. The van der Waals surface area contributed by atoms with Crippen LogP contribution < -0.4 is 11.2 Å². The molecule has 0 bridgehead atoms. The number of nitrogens with zero attached hydrogens (tertiary/aromatic N) is 1. The first-order valence-corrected chi connectivity index (χ1v) is 6.09. The van der Waals surface area contributed by atoms with Gasteiger partial charge in [0.15, 0.2) is 6.23 Å². The number of alkyl halides is 1. The predicted octanol–water partition coefficient (Wildman–Crippen LogP) is 0.202. The van der Waals surface area contributed by atoms with Crippen molar-refractivity contribution in [3.05, 3.63) is 33.1 Å². The Morgan fingerprint density at radius 3 is 2.78 bits per heavy atom. The van der Waals surface area contributed by atoms with Crippen LogP contribution in [0.2, 0.25) is 0 Å². The number of rotatable bonds is 2. The summed E-state index contributed by atoms with van der Waals surface area (Å²) in [6.07, 6.45) is -0.234. The molecule has 1 aliphatic rings. The number of aliphatic hydroxyl groups is 1. The molecular weight excluding hydrogens is 260 g/mol. The van der Waals surface area contributed by atoms with Gasteiger partial charge in [-0.15, -0.1) is 11.6 Å². The van der Waals surface area contributed by atoms with Gasteiger partial charge in [-0.05, 0) is 13.3 Å².